The Morgan fingerprint density at radius 3 is 1.70 bits per heavy atom. The topological polar surface area (TPSA) is 29.1 Å². The Bertz CT molecular complexity index is 797. The van der Waals surface area contributed by atoms with Crippen LogP contribution in [0.1, 0.15) is 31.9 Å². The molecule has 0 saturated heterocycles. The van der Waals surface area contributed by atoms with Gasteiger partial charge in [-0.25, -0.2) is 0 Å². The minimum absolute atomic E-state index is 0.0191. The van der Waals surface area contributed by atoms with Crippen LogP contribution in [0.2, 0.25) is 0 Å². The zero-order chi connectivity index (χ0) is 19.1. The molecule has 0 aliphatic carbocycles. The first-order valence-corrected chi connectivity index (χ1v) is 10.8. The van der Waals surface area contributed by atoms with Gasteiger partial charge in [0.2, 0.25) is 5.91 Å². The molecule has 27 heavy (non-hydrogen) atoms. The molecule has 0 aliphatic rings. The average molecular weight is 375 g/mol. The molecule has 0 aromatic heterocycles. The van der Waals surface area contributed by atoms with Crippen LogP contribution in [0, 0.1) is 0 Å². The van der Waals surface area contributed by atoms with Crippen LogP contribution in [0.25, 0.3) is 0 Å². The molecule has 3 heteroatoms. The van der Waals surface area contributed by atoms with E-state index in [0.717, 1.165) is 5.56 Å². The molecule has 3 rings (SSSR count). The number of nitrogens with one attached hydrogen (secondary N) is 1. The van der Waals surface area contributed by atoms with E-state index in [4.69, 9.17) is 0 Å². The molecular weight excluding hydrogens is 349 g/mol. The highest BCUT2D eigenvalue weighted by molar-refractivity contribution is 7.73. The summed E-state index contributed by atoms with van der Waals surface area (Å²) in [6, 6.07) is 31.3. The van der Waals surface area contributed by atoms with Gasteiger partial charge in [-0.2, -0.15) is 0 Å². The van der Waals surface area contributed by atoms with Crippen LogP contribution in [-0.2, 0) is 4.79 Å². The van der Waals surface area contributed by atoms with E-state index in [2.05, 4.69) is 72.9 Å². The van der Waals surface area contributed by atoms with Gasteiger partial charge >= 0.3 is 0 Å². The summed E-state index contributed by atoms with van der Waals surface area (Å²) in [5.41, 5.74) is 1.39. The molecule has 0 unspecified atom stereocenters. The van der Waals surface area contributed by atoms with Crippen molar-refractivity contribution in [3.05, 3.63) is 96.6 Å². The Morgan fingerprint density at radius 1 is 0.778 bits per heavy atom. The zero-order valence-electron chi connectivity index (χ0n) is 15.9. The van der Waals surface area contributed by atoms with Gasteiger partial charge in [0.05, 0.1) is 6.04 Å². The molecule has 3 aromatic carbocycles. The smallest absolute Gasteiger partial charge is 0.221 e. The summed E-state index contributed by atoms with van der Waals surface area (Å²) in [4.78, 5) is 12.7. The van der Waals surface area contributed by atoms with Crippen LogP contribution in [-0.4, -0.2) is 11.6 Å². The molecule has 1 amide bonds. The number of amides is 1. The summed E-state index contributed by atoms with van der Waals surface area (Å²) in [6.07, 6.45) is 0.521. The molecule has 2 nitrogen and oxygen atoms in total. The van der Waals surface area contributed by atoms with Gasteiger partial charge in [0.1, 0.15) is 0 Å². The third-order valence-electron chi connectivity index (χ3n) is 4.67. The Hall–Kier alpha value is -2.44. The van der Waals surface area contributed by atoms with Crippen molar-refractivity contribution >= 4 is 24.4 Å². The van der Waals surface area contributed by atoms with Gasteiger partial charge < -0.3 is 5.32 Å². The van der Waals surface area contributed by atoms with E-state index < -0.39 is 7.92 Å². The maximum atomic E-state index is 12.7. The molecule has 0 fully saturated rings. The fourth-order valence-electron chi connectivity index (χ4n) is 3.32. The number of carbonyl (C=O) groups excluding carboxylic acids is 1. The van der Waals surface area contributed by atoms with Gasteiger partial charge in [-0.05, 0) is 36.7 Å². The summed E-state index contributed by atoms with van der Waals surface area (Å²) in [5.74, 6) is 0.109. The number of hydrogen-bond donors (Lipinski definition) is 1. The van der Waals surface area contributed by atoms with E-state index in [9.17, 15) is 4.79 Å². The monoisotopic (exact) mass is 375 g/mol. The van der Waals surface area contributed by atoms with Crippen LogP contribution in [0.15, 0.2) is 91.0 Å². The summed E-state index contributed by atoms with van der Waals surface area (Å²) in [6.45, 7) is 4.23. The fourth-order valence-corrected chi connectivity index (χ4v) is 5.97. The molecule has 0 heterocycles. The molecule has 0 bridgehead atoms. The summed E-state index contributed by atoms with van der Waals surface area (Å²) in [5, 5.41) is 5.79. The predicted octanol–water partition coefficient (Wildman–Crippen LogP) is 4.78. The zero-order valence-corrected chi connectivity index (χ0v) is 16.8. The molecule has 0 saturated carbocycles. The van der Waals surface area contributed by atoms with Crippen molar-refractivity contribution in [3.63, 3.8) is 0 Å². The first kappa shape index (κ1) is 19.3. The second-order valence-corrected chi connectivity index (χ2v) is 9.45. The molecule has 0 radical (unpaired) electrons. The molecule has 1 N–H and O–H groups in total. The van der Waals surface area contributed by atoms with E-state index in [1.165, 1.54) is 10.6 Å². The number of carbonyl (C=O) groups is 1. The highest BCUT2D eigenvalue weighted by atomic mass is 31.1. The Balaban J connectivity index is 1.73. The van der Waals surface area contributed by atoms with Crippen LogP contribution in [0.3, 0.4) is 0 Å². The molecule has 3 aromatic rings. The van der Waals surface area contributed by atoms with Gasteiger partial charge in [0.15, 0.2) is 0 Å². The van der Waals surface area contributed by atoms with Crippen molar-refractivity contribution in [3.8, 4) is 0 Å². The molecular formula is C24H26NOP. The maximum Gasteiger partial charge on any atom is 0.221 e. The van der Waals surface area contributed by atoms with Crippen LogP contribution in [0.5, 0.6) is 0 Å². The summed E-state index contributed by atoms with van der Waals surface area (Å²) < 4.78 is 0. The Morgan fingerprint density at radius 2 is 1.22 bits per heavy atom. The first-order chi connectivity index (χ1) is 13.1. The Kier molecular flexibility index (Phi) is 6.79. The molecule has 138 valence electrons. The highest BCUT2D eigenvalue weighted by Crippen LogP contribution is 2.40. The standard InChI is InChI=1S/C24H26NOP/c1-19(18-24(26)25-20(2)21-12-6-3-7-13-21)27(22-14-8-4-9-15-22)23-16-10-5-11-17-23/h3-17,19-20H,18H2,1-2H3,(H,25,26)/t19-,20+/m0/s1. The van der Waals surface area contributed by atoms with Gasteiger partial charge in [0.25, 0.3) is 0 Å². The van der Waals surface area contributed by atoms with Crippen LogP contribution in [0.4, 0.5) is 0 Å². The van der Waals surface area contributed by atoms with Crippen molar-refractivity contribution in [2.75, 3.05) is 0 Å². The lowest BCUT2D eigenvalue weighted by atomic mass is 10.1. The average Bonchev–Trinajstić information content (AvgIpc) is 2.70. The third kappa shape index (κ3) is 5.28. The fraction of sp³-hybridized carbons (Fsp3) is 0.208. The normalized spacial score (nSPS) is 13.1. The van der Waals surface area contributed by atoms with Gasteiger partial charge in [-0.1, -0.05) is 97.9 Å². The second kappa shape index (κ2) is 9.48. The summed E-state index contributed by atoms with van der Waals surface area (Å²) in [7, 11) is -0.585. The lowest BCUT2D eigenvalue weighted by Gasteiger charge is -2.26. The quantitative estimate of drug-likeness (QED) is 0.592. The number of hydrogen-bond acceptors (Lipinski definition) is 1. The van der Waals surface area contributed by atoms with Gasteiger partial charge in [-0.3, -0.25) is 4.79 Å². The maximum absolute atomic E-state index is 12.7. The van der Waals surface area contributed by atoms with E-state index in [1.54, 1.807) is 0 Å². The minimum Gasteiger partial charge on any atom is -0.350 e. The van der Waals surface area contributed by atoms with Gasteiger partial charge in [0, 0.05) is 6.42 Å². The minimum atomic E-state index is -0.585. The van der Waals surface area contributed by atoms with Crippen molar-refractivity contribution in [2.45, 2.75) is 32.0 Å². The van der Waals surface area contributed by atoms with Crippen molar-refractivity contribution in [1.82, 2.24) is 5.32 Å². The summed E-state index contributed by atoms with van der Waals surface area (Å²) >= 11 is 0. The molecule has 0 spiro atoms. The van der Waals surface area contributed by atoms with Crippen LogP contribution < -0.4 is 15.9 Å². The first-order valence-electron chi connectivity index (χ1n) is 9.39. The van der Waals surface area contributed by atoms with E-state index >= 15 is 0 Å². The van der Waals surface area contributed by atoms with Crippen LogP contribution >= 0.6 is 7.92 Å². The van der Waals surface area contributed by atoms with E-state index in [1.807, 2.05) is 37.3 Å². The SMILES string of the molecule is C[C@@H](NC(=O)C[C@H](C)P(c1ccccc1)c1ccccc1)c1ccccc1. The largest absolute Gasteiger partial charge is 0.350 e. The number of rotatable bonds is 7. The Labute approximate surface area is 163 Å². The number of benzene rings is 3. The lowest BCUT2D eigenvalue weighted by molar-refractivity contribution is -0.121. The third-order valence-corrected chi connectivity index (χ3v) is 7.44. The van der Waals surface area contributed by atoms with Crippen molar-refractivity contribution < 1.29 is 4.79 Å². The highest BCUT2D eigenvalue weighted by Gasteiger charge is 2.23. The lowest BCUT2D eigenvalue weighted by Crippen LogP contribution is -2.30. The van der Waals surface area contributed by atoms with Crippen molar-refractivity contribution in [2.24, 2.45) is 0 Å². The molecule has 0 aliphatic heterocycles. The predicted molar refractivity (Wildman–Crippen MR) is 116 cm³/mol. The van der Waals surface area contributed by atoms with E-state index in [0.29, 0.717) is 6.42 Å². The van der Waals surface area contributed by atoms with Gasteiger partial charge in [-0.15, -0.1) is 0 Å². The van der Waals surface area contributed by atoms with Crippen molar-refractivity contribution in [1.29, 1.82) is 0 Å². The second-order valence-electron chi connectivity index (χ2n) is 6.79. The molecule has 2 atom stereocenters. The van der Waals surface area contributed by atoms with E-state index in [-0.39, 0.29) is 17.6 Å².